The molecule has 0 saturated heterocycles. The van der Waals surface area contributed by atoms with Crippen LogP contribution in [0.25, 0.3) is 5.69 Å². The first-order chi connectivity index (χ1) is 9.42. The van der Waals surface area contributed by atoms with E-state index in [4.69, 9.17) is 0 Å². The summed E-state index contributed by atoms with van der Waals surface area (Å²) in [7, 11) is 0. The molecule has 0 aliphatic rings. The molecule has 0 aliphatic carbocycles. The topological polar surface area (TPSA) is 58.5 Å². The maximum Gasteiger partial charge on any atom is 0.0991 e. The standard InChI is InChI=1S/C14H15N5/c1-3-14(19-6-5-15-11-19)4-2-12(1)7-16-8-13-9-17-18-10-13/h1-6,9-11,16H,7-8H2,(H,17,18). The highest BCUT2D eigenvalue weighted by atomic mass is 15.1. The molecule has 0 fully saturated rings. The summed E-state index contributed by atoms with van der Waals surface area (Å²) in [5.41, 5.74) is 3.54. The Morgan fingerprint density at radius 3 is 2.63 bits per heavy atom. The normalized spacial score (nSPS) is 10.7. The van der Waals surface area contributed by atoms with Crippen molar-refractivity contribution < 1.29 is 0 Å². The van der Waals surface area contributed by atoms with Crippen LogP contribution >= 0.6 is 0 Å². The van der Waals surface area contributed by atoms with E-state index >= 15 is 0 Å². The summed E-state index contributed by atoms with van der Waals surface area (Å²) in [6.07, 6.45) is 9.24. The smallest absolute Gasteiger partial charge is 0.0991 e. The van der Waals surface area contributed by atoms with Crippen LogP contribution in [0.15, 0.2) is 55.4 Å². The number of aromatic amines is 1. The SMILES string of the molecule is c1cn(-c2ccc(CNCc3cn[nH]c3)cc2)cn1. The largest absolute Gasteiger partial charge is 0.309 e. The second-order valence-electron chi connectivity index (χ2n) is 4.35. The highest BCUT2D eigenvalue weighted by molar-refractivity contribution is 5.34. The molecule has 0 saturated carbocycles. The first-order valence-electron chi connectivity index (χ1n) is 6.17. The van der Waals surface area contributed by atoms with Crippen molar-refractivity contribution in [2.24, 2.45) is 0 Å². The maximum atomic E-state index is 4.04. The number of benzene rings is 1. The molecule has 0 aliphatic heterocycles. The zero-order valence-corrected chi connectivity index (χ0v) is 10.5. The molecule has 1 aromatic carbocycles. The molecule has 0 radical (unpaired) electrons. The number of aromatic nitrogens is 4. The Hall–Kier alpha value is -2.40. The molecule has 3 aromatic rings. The number of nitrogens with zero attached hydrogens (tertiary/aromatic N) is 3. The van der Waals surface area contributed by atoms with Crippen molar-refractivity contribution in [2.75, 3.05) is 0 Å². The molecule has 96 valence electrons. The number of imidazole rings is 1. The van der Waals surface area contributed by atoms with E-state index in [0.717, 1.165) is 24.3 Å². The lowest BCUT2D eigenvalue weighted by molar-refractivity contribution is 0.693. The lowest BCUT2D eigenvalue weighted by Crippen LogP contribution is -2.12. The molecule has 0 spiro atoms. The van der Waals surface area contributed by atoms with Crippen LogP contribution < -0.4 is 5.32 Å². The Labute approximate surface area is 111 Å². The molecule has 0 amide bonds. The van der Waals surface area contributed by atoms with Gasteiger partial charge in [0.25, 0.3) is 0 Å². The number of hydrogen-bond acceptors (Lipinski definition) is 3. The fraction of sp³-hybridized carbons (Fsp3) is 0.143. The van der Waals surface area contributed by atoms with Gasteiger partial charge in [0, 0.05) is 42.9 Å². The first kappa shape index (κ1) is 11.7. The van der Waals surface area contributed by atoms with Gasteiger partial charge in [-0.1, -0.05) is 12.1 Å². The summed E-state index contributed by atoms with van der Waals surface area (Å²) in [6, 6.07) is 8.43. The van der Waals surface area contributed by atoms with Gasteiger partial charge in [0.2, 0.25) is 0 Å². The van der Waals surface area contributed by atoms with E-state index < -0.39 is 0 Å². The van der Waals surface area contributed by atoms with Gasteiger partial charge in [-0.3, -0.25) is 5.10 Å². The molecule has 5 nitrogen and oxygen atoms in total. The monoisotopic (exact) mass is 253 g/mol. The van der Waals surface area contributed by atoms with Crippen molar-refractivity contribution in [3.05, 3.63) is 66.5 Å². The fourth-order valence-electron chi connectivity index (χ4n) is 1.92. The maximum absolute atomic E-state index is 4.04. The number of rotatable bonds is 5. The summed E-state index contributed by atoms with van der Waals surface area (Å²) in [4.78, 5) is 4.04. The average molecular weight is 253 g/mol. The molecule has 0 bridgehead atoms. The van der Waals surface area contributed by atoms with Crippen molar-refractivity contribution >= 4 is 0 Å². The van der Waals surface area contributed by atoms with Gasteiger partial charge in [0.1, 0.15) is 0 Å². The van der Waals surface area contributed by atoms with Crippen LogP contribution in [0.5, 0.6) is 0 Å². The first-order valence-corrected chi connectivity index (χ1v) is 6.17. The van der Waals surface area contributed by atoms with Crippen LogP contribution in [0.2, 0.25) is 0 Å². The van der Waals surface area contributed by atoms with Gasteiger partial charge in [0.05, 0.1) is 12.5 Å². The zero-order valence-electron chi connectivity index (χ0n) is 10.5. The minimum absolute atomic E-state index is 0.819. The van der Waals surface area contributed by atoms with Gasteiger partial charge >= 0.3 is 0 Å². The van der Waals surface area contributed by atoms with E-state index in [0.29, 0.717) is 0 Å². The second kappa shape index (κ2) is 5.49. The lowest BCUT2D eigenvalue weighted by Gasteiger charge is -2.06. The van der Waals surface area contributed by atoms with E-state index in [1.807, 2.05) is 23.2 Å². The number of nitrogens with one attached hydrogen (secondary N) is 2. The molecule has 0 unspecified atom stereocenters. The minimum Gasteiger partial charge on any atom is -0.309 e. The predicted octanol–water partition coefficient (Wildman–Crippen LogP) is 1.89. The van der Waals surface area contributed by atoms with E-state index in [2.05, 4.69) is 44.8 Å². The van der Waals surface area contributed by atoms with Crippen molar-refractivity contribution in [3.63, 3.8) is 0 Å². The molecule has 3 rings (SSSR count). The Kier molecular flexibility index (Phi) is 3.38. The third-order valence-corrected chi connectivity index (χ3v) is 2.95. The number of H-pyrrole nitrogens is 1. The highest BCUT2D eigenvalue weighted by Crippen LogP contribution is 2.09. The van der Waals surface area contributed by atoms with Crippen LogP contribution in [0, 0.1) is 0 Å². The zero-order chi connectivity index (χ0) is 12.9. The molecule has 2 aromatic heterocycles. The van der Waals surface area contributed by atoms with Crippen LogP contribution in [0.4, 0.5) is 0 Å². The van der Waals surface area contributed by atoms with Gasteiger partial charge in [-0.25, -0.2) is 4.98 Å². The van der Waals surface area contributed by atoms with Gasteiger partial charge in [0.15, 0.2) is 0 Å². The molecule has 0 atom stereocenters. The average Bonchev–Trinajstić information content (AvgIpc) is 3.13. The van der Waals surface area contributed by atoms with Crippen molar-refractivity contribution in [2.45, 2.75) is 13.1 Å². The van der Waals surface area contributed by atoms with E-state index in [1.165, 1.54) is 5.56 Å². The van der Waals surface area contributed by atoms with Crippen molar-refractivity contribution in [3.8, 4) is 5.69 Å². The predicted molar refractivity (Wildman–Crippen MR) is 72.7 cm³/mol. The molecular weight excluding hydrogens is 238 g/mol. The van der Waals surface area contributed by atoms with Crippen molar-refractivity contribution in [1.82, 2.24) is 25.1 Å². The van der Waals surface area contributed by atoms with Crippen LogP contribution in [-0.4, -0.2) is 19.7 Å². The molecule has 2 N–H and O–H groups in total. The number of hydrogen-bond donors (Lipinski definition) is 2. The third-order valence-electron chi connectivity index (χ3n) is 2.95. The second-order valence-corrected chi connectivity index (χ2v) is 4.35. The van der Waals surface area contributed by atoms with Gasteiger partial charge < -0.3 is 9.88 Å². The van der Waals surface area contributed by atoms with Gasteiger partial charge in [-0.15, -0.1) is 0 Å². The van der Waals surface area contributed by atoms with Gasteiger partial charge in [-0.05, 0) is 17.7 Å². The molecule has 2 heterocycles. The third kappa shape index (κ3) is 2.89. The van der Waals surface area contributed by atoms with Crippen LogP contribution in [0.1, 0.15) is 11.1 Å². The van der Waals surface area contributed by atoms with Crippen molar-refractivity contribution in [1.29, 1.82) is 0 Å². The Morgan fingerprint density at radius 2 is 1.95 bits per heavy atom. The van der Waals surface area contributed by atoms with Crippen LogP contribution in [-0.2, 0) is 13.1 Å². The van der Waals surface area contributed by atoms with Crippen LogP contribution in [0.3, 0.4) is 0 Å². The summed E-state index contributed by atoms with van der Waals surface area (Å²) < 4.78 is 1.99. The summed E-state index contributed by atoms with van der Waals surface area (Å²) >= 11 is 0. The highest BCUT2D eigenvalue weighted by Gasteiger charge is 1.97. The van der Waals surface area contributed by atoms with E-state index in [-0.39, 0.29) is 0 Å². The fourth-order valence-corrected chi connectivity index (χ4v) is 1.92. The Bertz CT molecular complexity index is 596. The lowest BCUT2D eigenvalue weighted by atomic mass is 10.2. The van der Waals surface area contributed by atoms with Gasteiger partial charge in [-0.2, -0.15) is 5.10 Å². The molecular formula is C14H15N5. The Morgan fingerprint density at radius 1 is 1.11 bits per heavy atom. The molecule has 19 heavy (non-hydrogen) atoms. The van der Waals surface area contributed by atoms with E-state index in [9.17, 15) is 0 Å². The van der Waals surface area contributed by atoms with E-state index in [1.54, 1.807) is 12.5 Å². The summed E-state index contributed by atoms with van der Waals surface area (Å²) in [6.45, 7) is 1.66. The molecule has 5 heteroatoms. The minimum atomic E-state index is 0.819. The summed E-state index contributed by atoms with van der Waals surface area (Å²) in [5, 5.41) is 10.1. The summed E-state index contributed by atoms with van der Waals surface area (Å²) in [5.74, 6) is 0. The quantitative estimate of drug-likeness (QED) is 0.730. The Balaban J connectivity index is 1.57.